The molecule has 1 aromatic carbocycles. The molecule has 0 amide bonds. The van der Waals surface area contributed by atoms with E-state index in [-0.39, 0.29) is 0 Å². The first kappa shape index (κ1) is 12.9. The minimum atomic E-state index is -3.23. The Morgan fingerprint density at radius 2 is 2.11 bits per heavy atom. The van der Waals surface area contributed by atoms with Crippen LogP contribution in [0, 0.1) is 0 Å². The summed E-state index contributed by atoms with van der Waals surface area (Å²) in [5, 5.41) is 4.15. The summed E-state index contributed by atoms with van der Waals surface area (Å²) in [5.41, 5.74) is 2.78. The Hall–Kier alpha value is -1.53. The fraction of sp³-hybridized carbons (Fsp3) is 0.333. The Bertz CT molecular complexity index is 646. The van der Waals surface area contributed by atoms with E-state index in [1.165, 1.54) is 5.56 Å². The molecule has 0 aliphatic rings. The number of fused-ring (bicyclic) bond motifs is 1. The Kier molecular flexibility index (Phi) is 3.58. The number of sulfonamides is 1. The quantitative estimate of drug-likeness (QED) is 0.764. The molecule has 1 heterocycles. The molecular formula is C12H17N3O2S. The Morgan fingerprint density at radius 1 is 1.33 bits per heavy atom. The molecule has 0 spiro atoms. The number of hydrogen-bond donors (Lipinski definition) is 3. The molecule has 98 valence electrons. The first-order chi connectivity index (χ1) is 8.49. The monoisotopic (exact) mass is 267 g/mol. The van der Waals surface area contributed by atoms with Crippen LogP contribution < -0.4 is 10.0 Å². The summed E-state index contributed by atoms with van der Waals surface area (Å²) < 4.78 is 24.9. The lowest BCUT2D eigenvalue weighted by Gasteiger charge is -2.04. The van der Waals surface area contributed by atoms with E-state index in [1.807, 2.05) is 25.4 Å². The van der Waals surface area contributed by atoms with E-state index in [2.05, 4.69) is 15.0 Å². The summed E-state index contributed by atoms with van der Waals surface area (Å²) >= 11 is 0. The normalized spacial score (nSPS) is 11.9. The average molecular weight is 267 g/mol. The van der Waals surface area contributed by atoms with Gasteiger partial charge < -0.3 is 10.3 Å². The highest BCUT2D eigenvalue weighted by atomic mass is 32.2. The largest absolute Gasteiger partial charge is 0.361 e. The predicted octanol–water partition coefficient (Wildman–Crippen LogP) is 1.30. The second kappa shape index (κ2) is 4.99. The summed E-state index contributed by atoms with van der Waals surface area (Å²) in [6, 6.07) is 5.49. The van der Waals surface area contributed by atoms with Gasteiger partial charge >= 0.3 is 0 Å². The smallest absolute Gasteiger partial charge is 0.229 e. The number of likely N-dealkylation sites (N-methyl/N-ethyl adjacent to an activating group) is 1. The van der Waals surface area contributed by atoms with Crippen LogP contribution in [0.15, 0.2) is 24.4 Å². The first-order valence-electron chi connectivity index (χ1n) is 5.72. The molecule has 3 N–H and O–H groups in total. The van der Waals surface area contributed by atoms with Crippen molar-refractivity contribution in [1.29, 1.82) is 0 Å². The number of aromatic nitrogens is 1. The van der Waals surface area contributed by atoms with Gasteiger partial charge in [-0.25, -0.2) is 8.42 Å². The number of hydrogen-bond acceptors (Lipinski definition) is 3. The van der Waals surface area contributed by atoms with Crippen molar-refractivity contribution in [3.8, 4) is 0 Å². The van der Waals surface area contributed by atoms with Gasteiger partial charge in [-0.3, -0.25) is 4.72 Å². The van der Waals surface area contributed by atoms with Crippen molar-refractivity contribution in [2.45, 2.75) is 6.42 Å². The van der Waals surface area contributed by atoms with Crippen LogP contribution in [0.3, 0.4) is 0 Å². The predicted molar refractivity (Wildman–Crippen MR) is 74.4 cm³/mol. The van der Waals surface area contributed by atoms with Gasteiger partial charge in [0.2, 0.25) is 10.0 Å². The van der Waals surface area contributed by atoms with Crippen LogP contribution in [0.2, 0.25) is 0 Å². The number of H-pyrrole nitrogens is 1. The highest BCUT2D eigenvalue weighted by Crippen LogP contribution is 2.23. The molecule has 0 aliphatic heterocycles. The van der Waals surface area contributed by atoms with Crippen LogP contribution in [0.25, 0.3) is 10.9 Å². The maximum atomic E-state index is 11.2. The second-order valence-corrected chi connectivity index (χ2v) is 6.05. The summed E-state index contributed by atoms with van der Waals surface area (Å²) in [6.45, 7) is 0.886. The first-order valence-corrected chi connectivity index (χ1v) is 7.61. The highest BCUT2D eigenvalue weighted by Gasteiger charge is 2.06. The van der Waals surface area contributed by atoms with Gasteiger partial charge in [0.15, 0.2) is 0 Å². The lowest BCUT2D eigenvalue weighted by atomic mass is 10.1. The van der Waals surface area contributed by atoms with Crippen molar-refractivity contribution in [3.05, 3.63) is 30.0 Å². The molecular weight excluding hydrogens is 250 g/mol. The number of benzene rings is 1. The Morgan fingerprint density at radius 3 is 2.78 bits per heavy atom. The second-order valence-electron chi connectivity index (χ2n) is 4.30. The standard InChI is InChI=1S/C12H17N3O2S/c1-13-6-5-9-8-14-12-4-3-10(7-11(9)12)15-18(2,16)17/h3-4,7-8,13-15H,5-6H2,1-2H3. The van der Waals surface area contributed by atoms with E-state index in [1.54, 1.807) is 6.07 Å². The molecule has 0 unspecified atom stereocenters. The van der Waals surface area contributed by atoms with E-state index in [0.717, 1.165) is 30.1 Å². The third kappa shape index (κ3) is 3.02. The third-order valence-corrected chi connectivity index (χ3v) is 3.32. The molecule has 1 aromatic heterocycles. The number of anilines is 1. The SMILES string of the molecule is CNCCc1c[nH]c2ccc(NS(C)(=O)=O)cc12. The van der Waals surface area contributed by atoms with Gasteiger partial charge in [-0.15, -0.1) is 0 Å². The number of rotatable bonds is 5. The van der Waals surface area contributed by atoms with E-state index >= 15 is 0 Å². The van der Waals surface area contributed by atoms with E-state index in [4.69, 9.17) is 0 Å². The van der Waals surface area contributed by atoms with Crippen molar-refractivity contribution < 1.29 is 8.42 Å². The van der Waals surface area contributed by atoms with Crippen LogP contribution >= 0.6 is 0 Å². The van der Waals surface area contributed by atoms with E-state index < -0.39 is 10.0 Å². The summed E-state index contributed by atoms with van der Waals surface area (Å²) in [5.74, 6) is 0. The molecule has 2 aromatic rings. The Balaban J connectivity index is 2.36. The van der Waals surface area contributed by atoms with Crippen LogP contribution in [-0.2, 0) is 16.4 Å². The van der Waals surface area contributed by atoms with Gasteiger partial charge in [0.1, 0.15) is 0 Å². The summed E-state index contributed by atoms with van der Waals surface area (Å²) in [4.78, 5) is 3.18. The molecule has 0 saturated carbocycles. The summed E-state index contributed by atoms with van der Waals surface area (Å²) in [6.07, 6.45) is 4.02. The van der Waals surface area contributed by atoms with Crippen molar-refractivity contribution in [2.75, 3.05) is 24.6 Å². The van der Waals surface area contributed by atoms with E-state index in [9.17, 15) is 8.42 Å². The van der Waals surface area contributed by atoms with Crippen molar-refractivity contribution in [3.63, 3.8) is 0 Å². The zero-order chi connectivity index (χ0) is 13.2. The molecule has 0 radical (unpaired) electrons. The lowest BCUT2D eigenvalue weighted by Crippen LogP contribution is -2.10. The van der Waals surface area contributed by atoms with Crippen LogP contribution in [0.1, 0.15) is 5.56 Å². The van der Waals surface area contributed by atoms with Gasteiger partial charge in [-0.1, -0.05) is 0 Å². The summed E-state index contributed by atoms with van der Waals surface area (Å²) in [7, 11) is -1.32. The van der Waals surface area contributed by atoms with Crippen LogP contribution in [0.4, 0.5) is 5.69 Å². The van der Waals surface area contributed by atoms with Gasteiger partial charge in [0.05, 0.1) is 6.26 Å². The lowest BCUT2D eigenvalue weighted by molar-refractivity contribution is 0.607. The highest BCUT2D eigenvalue weighted by molar-refractivity contribution is 7.92. The number of nitrogens with one attached hydrogen (secondary N) is 3. The molecule has 5 nitrogen and oxygen atoms in total. The average Bonchev–Trinajstić information content (AvgIpc) is 2.67. The maximum absolute atomic E-state index is 11.2. The van der Waals surface area contributed by atoms with Crippen molar-refractivity contribution >= 4 is 26.6 Å². The van der Waals surface area contributed by atoms with Crippen molar-refractivity contribution in [1.82, 2.24) is 10.3 Å². The molecule has 0 fully saturated rings. The molecule has 6 heteroatoms. The fourth-order valence-electron chi connectivity index (χ4n) is 1.92. The molecule has 0 aliphatic carbocycles. The topological polar surface area (TPSA) is 74.0 Å². The van der Waals surface area contributed by atoms with Gasteiger partial charge in [-0.2, -0.15) is 0 Å². The minimum absolute atomic E-state index is 0.593. The number of aromatic amines is 1. The zero-order valence-electron chi connectivity index (χ0n) is 10.4. The van der Waals surface area contributed by atoms with Crippen LogP contribution in [0.5, 0.6) is 0 Å². The maximum Gasteiger partial charge on any atom is 0.229 e. The van der Waals surface area contributed by atoms with Gasteiger partial charge in [-0.05, 0) is 43.8 Å². The molecule has 0 bridgehead atoms. The Labute approximate surface area is 107 Å². The molecule has 2 rings (SSSR count). The van der Waals surface area contributed by atoms with Gasteiger partial charge in [0, 0.05) is 22.8 Å². The molecule has 18 heavy (non-hydrogen) atoms. The third-order valence-electron chi connectivity index (χ3n) is 2.72. The zero-order valence-corrected chi connectivity index (χ0v) is 11.3. The fourth-order valence-corrected chi connectivity index (χ4v) is 2.48. The van der Waals surface area contributed by atoms with Crippen molar-refractivity contribution in [2.24, 2.45) is 0 Å². The molecule has 0 atom stereocenters. The van der Waals surface area contributed by atoms with E-state index in [0.29, 0.717) is 5.69 Å². The van der Waals surface area contributed by atoms with Crippen LogP contribution in [-0.4, -0.2) is 33.2 Å². The van der Waals surface area contributed by atoms with Gasteiger partial charge in [0.25, 0.3) is 0 Å². The molecule has 0 saturated heterocycles. The minimum Gasteiger partial charge on any atom is -0.361 e.